The van der Waals surface area contributed by atoms with Gasteiger partial charge in [-0.3, -0.25) is 0 Å². The molecule has 4 heteroatoms. The number of rotatable bonds is 3. The number of hydrogen-bond acceptors (Lipinski definition) is 3. The molecule has 0 aromatic heterocycles. The molecule has 0 spiro atoms. The third-order valence-corrected chi connectivity index (χ3v) is 1.08. The van der Waals surface area contributed by atoms with Crippen molar-refractivity contribution in [3.05, 3.63) is 12.3 Å². The van der Waals surface area contributed by atoms with Gasteiger partial charge in [-0.1, -0.05) is 6.92 Å². The third-order valence-electron chi connectivity index (χ3n) is 1.08. The van der Waals surface area contributed by atoms with Crippen molar-refractivity contribution in [1.82, 2.24) is 0 Å². The first-order chi connectivity index (χ1) is 5.77. The Morgan fingerprint density at radius 1 is 1.31 bits per heavy atom. The summed E-state index contributed by atoms with van der Waals surface area (Å²) in [5.74, 6) is -0.0833. The monoisotopic (exact) mass is 191 g/mol. The number of allylic oxidation sites excluding steroid dienone is 1. The fourth-order valence-electron chi connectivity index (χ4n) is 0.555. The molecule has 0 heterocycles. The van der Waals surface area contributed by atoms with Crippen LogP contribution in [-0.2, 0) is 0 Å². The molecule has 0 fully saturated rings. The molecule has 0 bridgehead atoms. The second-order valence-electron chi connectivity index (χ2n) is 3.37. The van der Waals surface area contributed by atoms with E-state index in [-0.39, 0.29) is 5.76 Å². The molecule has 4 N–H and O–H groups in total. The Morgan fingerprint density at radius 2 is 1.62 bits per heavy atom. The van der Waals surface area contributed by atoms with Gasteiger partial charge in [0.1, 0.15) is 6.10 Å². The van der Waals surface area contributed by atoms with Crippen LogP contribution in [0.3, 0.4) is 0 Å². The number of aliphatic hydroxyl groups excluding tert-OH is 2. The Hall–Kier alpha value is -0.580. The number of hydrogen-bond donors (Lipinski definition) is 3. The van der Waals surface area contributed by atoms with Crippen molar-refractivity contribution in [3.63, 3.8) is 0 Å². The Balaban J connectivity index is 0. The summed E-state index contributed by atoms with van der Waals surface area (Å²) in [6.45, 7) is 9.92. The summed E-state index contributed by atoms with van der Waals surface area (Å²) in [6.07, 6.45) is -1.32. The van der Waals surface area contributed by atoms with E-state index in [2.05, 4.69) is 6.58 Å². The van der Waals surface area contributed by atoms with Gasteiger partial charge in [0.15, 0.2) is 0 Å². The van der Waals surface area contributed by atoms with Crippen LogP contribution in [0.1, 0.15) is 27.7 Å². The lowest BCUT2D eigenvalue weighted by Gasteiger charge is -2.13. The molecule has 1 unspecified atom stereocenters. The van der Waals surface area contributed by atoms with Crippen molar-refractivity contribution in [2.45, 2.75) is 46.1 Å². The van der Waals surface area contributed by atoms with Crippen molar-refractivity contribution in [3.8, 4) is 0 Å². The van der Waals surface area contributed by atoms with Gasteiger partial charge in [0.25, 0.3) is 0 Å². The predicted molar refractivity (Wildman–Crippen MR) is 49.6 cm³/mol. The largest absolute Gasteiger partial charge is 0.876 e. The molecule has 0 radical (unpaired) electrons. The smallest absolute Gasteiger partial charge is 0.214 e. The van der Waals surface area contributed by atoms with Crippen LogP contribution in [0.25, 0.3) is 0 Å². The average molecular weight is 191 g/mol. The fourth-order valence-corrected chi connectivity index (χ4v) is 0.555. The van der Waals surface area contributed by atoms with E-state index in [1.54, 1.807) is 12.2 Å². The van der Waals surface area contributed by atoms with E-state index in [1.165, 1.54) is 6.92 Å². The fraction of sp³-hybridized carbons (Fsp3) is 0.778. The standard InChI is InChI=1S/C6H15NO2.C3H6O/c1-4(2)7-6(9)5(3)8;1-3(2)4/h4-9H,1-3H3;4H,1H2,2H3/t5-,6?;/m0./s1. The van der Waals surface area contributed by atoms with Crippen molar-refractivity contribution in [2.75, 3.05) is 0 Å². The van der Waals surface area contributed by atoms with E-state index in [1.807, 2.05) is 13.8 Å². The summed E-state index contributed by atoms with van der Waals surface area (Å²) in [5, 5.41) is 28.8. The highest BCUT2D eigenvalue weighted by Crippen LogP contribution is 1.79. The molecule has 4 nitrogen and oxygen atoms in total. The maximum atomic E-state index is 9.33. The maximum absolute atomic E-state index is 9.33. The lowest BCUT2D eigenvalue weighted by Crippen LogP contribution is -2.95. The minimum Gasteiger partial charge on any atom is -0.876 e. The van der Waals surface area contributed by atoms with Crippen LogP contribution in [0.4, 0.5) is 0 Å². The average Bonchev–Trinajstić information content (AvgIpc) is 1.83. The summed E-state index contributed by atoms with van der Waals surface area (Å²) in [5.41, 5.74) is 0. The molecule has 0 amide bonds. The SMILES string of the molecule is C=C(C)[O-].CC(C)[NH2+]C(O)[C@H](C)O. The third kappa shape index (κ3) is 18.4. The summed E-state index contributed by atoms with van der Waals surface area (Å²) >= 11 is 0. The van der Waals surface area contributed by atoms with Gasteiger partial charge in [0.05, 0.1) is 6.04 Å². The van der Waals surface area contributed by atoms with Crippen LogP contribution < -0.4 is 10.4 Å². The molecule has 2 atom stereocenters. The van der Waals surface area contributed by atoms with Gasteiger partial charge >= 0.3 is 0 Å². The van der Waals surface area contributed by atoms with Gasteiger partial charge in [-0.2, -0.15) is 0 Å². The van der Waals surface area contributed by atoms with E-state index in [4.69, 9.17) is 10.2 Å². The van der Waals surface area contributed by atoms with Gasteiger partial charge in [0.2, 0.25) is 6.23 Å². The summed E-state index contributed by atoms with van der Waals surface area (Å²) in [6, 6.07) is 0.328. The topological polar surface area (TPSA) is 80.1 Å². The first-order valence-corrected chi connectivity index (χ1v) is 4.31. The molecule has 0 rings (SSSR count). The van der Waals surface area contributed by atoms with E-state index in [9.17, 15) is 5.11 Å². The zero-order valence-corrected chi connectivity index (χ0v) is 8.82. The molecular formula is C9H21NO3. The first-order valence-electron chi connectivity index (χ1n) is 4.31. The predicted octanol–water partition coefficient (Wildman–Crippen LogP) is -1.46. The van der Waals surface area contributed by atoms with Gasteiger partial charge in [-0.05, 0) is 20.8 Å². The highest BCUT2D eigenvalue weighted by molar-refractivity contribution is 4.64. The van der Waals surface area contributed by atoms with Crippen LogP contribution in [0.5, 0.6) is 0 Å². The molecule has 80 valence electrons. The summed E-state index contributed by atoms with van der Waals surface area (Å²) < 4.78 is 0. The molecule has 0 aliphatic carbocycles. The van der Waals surface area contributed by atoms with Crippen LogP contribution in [-0.4, -0.2) is 28.6 Å². The van der Waals surface area contributed by atoms with Crippen molar-refractivity contribution >= 4 is 0 Å². The van der Waals surface area contributed by atoms with E-state index >= 15 is 0 Å². The second kappa shape index (κ2) is 8.04. The van der Waals surface area contributed by atoms with Gasteiger partial charge in [0, 0.05) is 0 Å². The number of nitrogens with two attached hydrogens (primary N) is 1. The van der Waals surface area contributed by atoms with Gasteiger partial charge < -0.3 is 20.6 Å². The second-order valence-corrected chi connectivity index (χ2v) is 3.37. The molecule has 13 heavy (non-hydrogen) atoms. The molecule has 0 saturated carbocycles. The quantitative estimate of drug-likeness (QED) is 0.377. The lowest BCUT2D eigenvalue weighted by molar-refractivity contribution is -0.754. The molecule has 0 saturated heterocycles. The highest BCUT2D eigenvalue weighted by atomic mass is 16.3. The Kier molecular flexibility index (Phi) is 9.22. The lowest BCUT2D eigenvalue weighted by atomic mass is 10.3. The minimum absolute atomic E-state index is 0.0833. The zero-order chi connectivity index (χ0) is 11.0. The van der Waals surface area contributed by atoms with Crippen LogP contribution in [0, 0.1) is 0 Å². The normalized spacial score (nSPS) is 14.4. The number of aliphatic hydroxyl groups is 2. The minimum atomic E-state index is -0.676. The van der Waals surface area contributed by atoms with E-state index in [0.29, 0.717) is 6.04 Å². The zero-order valence-electron chi connectivity index (χ0n) is 8.82. The first kappa shape index (κ1) is 14.9. The molecule has 0 aliphatic heterocycles. The van der Waals surface area contributed by atoms with Gasteiger partial charge in [-0.25, -0.2) is 0 Å². The van der Waals surface area contributed by atoms with Crippen molar-refractivity contribution in [1.29, 1.82) is 0 Å². The summed E-state index contributed by atoms with van der Waals surface area (Å²) in [4.78, 5) is 0. The molecular weight excluding hydrogens is 170 g/mol. The van der Waals surface area contributed by atoms with E-state index < -0.39 is 12.3 Å². The molecule has 0 aliphatic rings. The Bertz CT molecular complexity index is 131. The van der Waals surface area contributed by atoms with Crippen LogP contribution >= 0.6 is 0 Å². The van der Waals surface area contributed by atoms with Crippen LogP contribution in [0.2, 0.25) is 0 Å². The van der Waals surface area contributed by atoms with Gasteiger partial charge in [-0.15, -0.1) is 12.3 Å². The number of quaternary nitrogens is 1. The van der Waals surface area contributed by atoms with E-state index in [0.717, 1.165) is 0 Å². The summed E-state index contributed by atoms with van der Waals surface area (Å²) in [7, 11) is 0. The maximum Gasteiger partial charge on any atom is 0.214 e. The highest BCUT2D eigenvalue weighted by Gasteiger charge is 2.14. The van der Waals surface area contributed by atoms with Crippen LogP contribution in [0.15, 0.2) is 12.3 Å². The molecule has 0 aromatic carbocycles. The Morgan fingerprint density at radius 3 is 1.69 bits per heavy atom. The molecule has 0 aromatic rings. The van der Waals surface area contributed by atoms with Crippen molar-refractivity contribution in [2.24, 2.45) is 0 Å². The Labute approximate surface area is 79.9 Å². The van der Waals surface area contributed by atoms with Crippen molar-refractivity contribution < 1.29 is 20.6 Å².